The standard InChI is InChI=1S/C18H24N4O3S/c1-14-4-6-16(25-3)17(12-14)26(23,24)20-15-5-7-18(19-13-15)22-10-8-21(2)9-11-22/h4-7,12-13,20H,8-11H2,1-3H3. The second-order valence-electron chi connectivity index (χ2n) is 6.46. The minimum atomic E-state index is -3.76. The van der Waals surface area contributed by atoms with Crippen LogP contribution in [0.25, 0.3) is 0 Å². The van der Waals surface area contributed by atoms with E-state index in [0.29, 0.717) is 11.4 Å². The van der Waals surface area contributed by atoms with Gasteiger partial charge in [0.2, 0.25) is 0 Å². The number of methoxy groups -OCH3 is 1. The average molecular weight is 376 g/mol. The third kappa shape index (κ3) is 4.08. The van der Waals surface area contributed by atoms with E-state index in [1.807, 2.05) is 19.1 Å². The summed E-state index contributed by atoms with van der Waals surface area (Å²) < 4.78 is 33.2. The van der Waals surface area contributed by atoms with Crippen LogP contribution >= 0.6 is 0 Å². The molecule has 140 valence electrons. The number of sulfonamides is 1. The van der Waals surface area contributed by atoms with Crippen LogP contribution in [-0.2, 0) is 10.0 Å². The van der Waals surface area contributed by atoms with E-state index in [9.17, 15) is 8.42 Å². The zero-order chi connectivity index (χ0) is 18.7. The van der Waals surface area contributed by atoms with Crippen molar-refractivity contribution in [1.29, 1.82) is 0 Å². The number of nitrogens with one attached hydrogen (secondary N) is 1. The molecule has 2 aromatic rings. The molecule has 8 heteroatoms. The molecule has 0 aliphatic carbocycles. The summed E-state index contributed by atoms with van der Waals surface area (Å²) in [5.74, 6) is 1.17. The molecule has 0 saturated carbocycles. The normalized spacial score (nSPS) is 15.7. The first-order valence-electron chi connectivity index (χ1n) is 8.46. The summed E-state index contributed by atoms with van der Waals surface area (Å²) in [4.78, 5) is 9.00. The number of likely N-dealkylation sites (N-methyl/N-ethyl adjacent to an activating group) is 1. The van der Waals surface area contributed by atoms with Gasteiger partial charge in [-0.1, -0.05) is 6.07 Å². The van der Waals surface area contributed by atoms with Gasteiger partial charge in [-0.3, -0.25) is 4.72 Å². The molecule has 0 atom stereocenters. The van der Waals surface area contributed by atoms with E-state index >= 15 is 0 Å². The molecule has 7 nitrogen and oxygen atoms in total. The minimum Gasteiger partial charge on any atom is -0.495 e. The lowest BCUT2D eigenvalue weighted by molar-refractivity contribution is 0.312. The Balaban J connectivity index is 1.77. The van der Waals surface area contributed by atoms with Crippen molar-refractivity contribution in [3.8, 4) is 5.75 Å². The first-order valence-corrected chi connectivity index (χ1v) is 9.94. The van der Waals surface area contributed by atoms with Gasteiger partial charge in [-0.2, -0.15) is 0 Å². The molecule has 1 aliphatic heterocycles. The predicted molar refractivity (Wildman–Crippen MR) is 102 cm³/mol. The molecule has 1 fully saturated rings. The van der Waals surface area contributed by atoms with E-state index in [1.54, 1.807) is 24.4 Å². The number of aryl methyl sites for hydroxylation is 1. The Morgan fingerprint density at radius 2 is 1.85 bits per heavy atom. The summed E-state index contributed by atoms with van der Waals surface area (Å²) in [6.07, 6.45) is 1.55. The van der Waals surface area contributed by atoms with Gasteiger partial charge in [-0.15, -0.1) is 0 Å². The summed E-state index contributed by atoms with van der Waals surface area (Å²) in [7, 11) is -0.205. The largest absolute Gasteiger partial charge is 0.495 e. The van der Waals surface area contributed by atoms with Crippen molar-refractivity contribution in [3.63, 3.8) is 0 Å². The minimum absolute atomic E-state index is 0.114. The zero-order valence-corrected chi connectivity index (χ0v) is 16.1. The fraction of sp³-hybridized carbons (Fsp3) is 0.389. The van der Waals surface area contributed by atoms with E-state index in [0.717, 1.165) is 37.6 Å². The maximum Gasteiger partial charge on any atom is 0.265 e. The SMILES string of the molecule is COc1ccc(C)cc1S(=O)(=O)Nc1ccc(N2CCN(C)CC2)nc1. The molecule has 0 spiro atoms. The molecular weight excluding hydrogens is 352 g/mol. The fourth-order valence-electron chi connectivity index (χ4n) is 2.87. The highest BCUT2D eigenvalue weighted by atomic mass is 32.2. The van der Waals surface area contributed by atoms with Crippen LogP contribution < -0.4 is 14.4 Å². The number of ether oxygens (including phenoxy) is 1. The first-order chi connectivity index (χ1) is 12.4. The van der Waals surface area contributed by atoms with E-state index in [4.69, 9.17) is 4.74 Å². The van der Waals surface area contributed by atoms with Crippen LogP contribution in [0, 0.1) is 6.92 Å². The molecule has 1 aromatic heterocycles. The number of hydrogen-bond acceptors (Lipinski definition) is 6. The lowest BCUT2D eigenvalue weighted by atomic mass is 10.2. The van der Waals surface area contributed by atoms with Crippen molar-refractivity contribution in [2.45, 2.75) is 11.8 Å². The number of piperazine rings is 1. The van der Waals surface area contributed by atoms with Crippen LogP contribution in [0.15, 0.2) is 41.4 Å². The van der Waals surface area contributed by atoms with Crippen LogP contribution in [0.2, 0.25) is 0 Å². The first kappa shape index (κ1) is 18.5. The molecule has 1 aromatic carbocycles. The van der Waals surface area contributed by atoms with Crippen molar-refractivity contribution >= 4 is 21.5 Å². The summed E-state index contributed by atoms with van der Waals surface area (Å²) in [5.41, 5.74) is 1.26. The highest BCUT2D eigenvalue weighted by Gasteiger charge is 2.20. The highest BCUT2D eigenvalue weighted by molar-refractivity contribution is 7.92. The zero-order valence-electron chi connectivity index (χ0n) is 15.3. The Labute approximate surface area is 154 Å². The molecule has 0 bridgehead atoms. The number of benzene rings is 1. The van der Waals surface area contributed by atoms with E-state index in [1.165, 1.54) is 7.11 Å². The van der Waals surface area contributed by atoms with Gasteiger partial charge in [0.15, 0.2) is 0 Å². The Bertz CT molecular complexity index is 861. The van der Waals surface area contributed by atoms with E-state index in [-0.39, 0.29) is 4.90 Å². The Hall–Kier alpha value is -2.32. The van der Waals surface area contributed by atoms with Gasteiger partial charge < -0.3 is 14.5 Å². The van der Waals surface area contributed by atoms with Crippen LogP contribution in [0.1, 0.15) is 5.56 Å². The Morgan fingerprint density at radius 1 is 1.12 bits per heavy atom. The lowest BCUT2D eigenvalue weighted by Gasteiger charge is -2.33. The summed E-state index contributed by atoms with van der Waals surface area (Å²) in [6, 6.07) is 8.63. The predicted octanol–water partition coefficient (Wildman–Crippen LogP) is 1.95. The van der Waals surface area contributed by atoms with Gasteiger partial charge in [0.25, 0.3) is 10.0 Å². The second kappa shape index (κ2) is 7.51. The molecule has 1 aliphatic rings. The van der Waals surface area contributed by atoms with Crippen molar-refractivity contribution in [2.24, 2.45) is 0 Å². The van der Waals surface area contributed by atoms with Gasteiger partial charge in [0, 0.05) is 26.2 Å². The quantitative estimate of drug-likeness (QED) is 0.860. The Kier molecular flexibility index (Phi) is 5.33. The molecule has 0 radical (unpaired) electrons. The third-order valence-corrected chi connectivity index (χ3v) is 5.84. The summed E-state index contributed by atoms with van der Waals surface area (Å²) >= 11 is 0. The van der Waals surface area contributed by atoms with E-state index < -0.39 is 10.0 Å². The van der Waals surface area contributed by atoms with Crippen molar-refractivity contribution in [3.05, 3.63) is 42.1 Å². The van der Waals surface area contributed by atoms with Crippen LogP contribution in [-0.4, -0.2) is 58.6 Å². The summed E-state index contributed by atoms with van der Waals surface area (Å²) in [6.45, 7) is 5.64. The van der Waals surface area contributed by atoms with Crippen molar-refractivity contribution in [2.75, 3.05) is 50.0 Å². The van der Waals surface area contributed by atoms with Gasteiger partial charge >= 0.3 is 0 Å². The molecule has 1 saturated heterocycles. The van der Waals surface area contributed by atoms with Gasteiger partial charge in [0.05, 0.1) is 19.0 Å². The molecule has 1 N–H and O–H groups in total. The maximum atomic E-state index is 12.7. The van der Waals surface area contributed by atoms with Gasteiger partial charge in [-0.25, -0.2) is 13.4 Å². The number of hydrogen-bond donors (Lipinski definition) is 1. The van der Waals surface area contributed by atoms with Gasteiger partial charge in [-0.05, 0) is 43.8 Å². The number of anilines is 2. The number of nitrogens with zero attached hydrogens (tertiary/aromatic N) is 3. The molecule has 0 amide bonds. The molecule has 26 heavy (non-hydrogen) atoms. The number of rotatable bonds is 5. The Morgan fingerprint density at radius 3 is 2.46 bits per heavy atom. The maximum absolute atomic E-state index is 12.7. The fourth-order valence-corrected chi connectivity index (χ4v) is 4.17. The van der Waals surface area contributed by atoms with Crippen LogP contribution in [0.4, 0.5) is 11.5 Å². The molecule has 3 rings (SSSR count). The lowest BCUT2D eigenvalue weighted by Crippen LogP contribution is -2.44. The monoisotopic (exact) mass is 376 g/mol. The van der Waals surface area contributed by atoms with Crippen LogP contribution in [0.3, 0.4) is 0 Å². The topological polar surface area (TPSA) is 74.8 Å². The smallest absolute Gasteiger partial charge is 0.265 e. The third-order valence-electron chi connectivity index (χ3n) is 4.44. The molecular formula is C18H24N4O3S. The van der Waals surface area contributed by atoms with Gasteiger partial charge in [0.1, 0.15) is 16.5 Å². The van der Waals surface area contributed by atoms with Crippen molar-refractivity contribution < 1.29 is 13.2 Å². The average Bonchev–Trinajstić information content (AvgIpc) is 2.63. The molecule has 2 heterocycles. The second-order valence-corrected chi connectivity index (χ2v) is 8.11. The summed E-state index contributed by atoms with van der Waals surface area (Å²) in [5, 5.41) is 0. The molecule has 0 unspecified atom stereocenters. The highest BCUT2D eigenvalue weighted by Crippen LogP contribution is 2.27. The number of pyridine rings is 1. The number of aromatic nitrogens is 1. The van der Waals surface area contributed by atoms with Crippen molar-refractivity contribution in [1.82, 2.24) is 9.88 Å². The van der Waals surface area contributed by atoms with E-state index in [2.05, 4.69) is 26.6 Å². The van der Waals surface area contributed by atoms with Crippen LogP contribution in [0.5, 0.6) is 5.75 Å².